The van der Waals surface area contributed by atoms with Gasteiger partial charge in [-0.2, -0.15) is 0 Å². The van der Waals surface area contributed by atoms with Gasteiger partial charge in [0.05, 0.1) is 0 Å². The van der Waals surface area contributed by atoms with Gasteiger partial charge in [0.15, 0.2) is 11.0 Å². The van der Waals surface area contributed by atoms with Gasteiger partial charge in [-0.1, -0.05) is 11.6 Å². The van der Waals surface area contributed by atoms with E-state index in [-0.39, 0.29) is 0 Å². The van der Waals surface area contributed by atoms with Crippen molar-refractivity contribution in [3.05, 3.63) is 29.9 Å². The summed E-state index contributed by atoms with van der Waals surface area (Å²) < 4.78 is 1.64. The van der Waals surface area contributed by atoms with E-state index in [1.54, 1.807) is 16.7 Å². The predicted molar refractivity (Wildman–Crippen MR) is 42.0 cm³/mol. The molecule has 2 aromatic rings. The van der Waals surface area contributed by atoms with Crippen LogP contribution in [0.5, 0.6) is 0 Å². The minimum atomic E-state index is 0.367. The second-order valence-corrected chi connectivity index (χ2v) is 2.47. The Morgan fingerprint density at radius 3 is 2.42 bits per heavy atom. The fourth-order valence-electron chi connectivity index (χ4n) is 0.766. The molecule has 0 amide bonds. The Kier molecular flexibility index (Phi) is 1.71. The van der Waals surface area contributed by atoms with Crippen molar-refractivity contribution in [1.82, 2.24) is 25.0 Å². The minimum Gasteiger partial charge on any atom is -0.270 e. The smallest absolute Gasteiger partial charge is 0.161 e. The lowest BCUT2D eigenvalue weighted by atomic mass is 10.5. The normalized spacial score (nSPS) is 10.1. The van der Waals surface area contributed by atoms with Gasteiger partial charge in [-0.05, 0) is 12.1 Å². The van der Waals surface area contributed by atoms with Crippen molar-refractivity contribution in [3.63, 3.8) is 0 Å². The summed E-state index contributed by atoms with van der Waals surface area (Å²) in [5.41, 5.74) is 0. The number of halogens is 1. The molecule has 5 nitrogen and oxygen atoms in total. The molecule has 0 aliphatic rings. The van der Waals surface area contributed by atoms with Gasteiger partial charge in [0.1, 0.15) is 12.7 Å². The van der Waals surface area contributed by atoms with Crippen molar-refractivity contribution >= 4 is 11.6 Å². The average Bonchev–Trinajstić information content (AvgIpc) is 2.58. The highest BCUT2D eigenvalue weighted by atomic mass is 35.5. The zero-order chi connectivity index (χ0) is 8.39. The average molecular weight is 182 g/mol. The van der Waals surface area contributed by atoms with Crippen LogP contribution in [0, 0.1) is 0 Å². The van der Waals surface area contributed by atoms with Crippen molar-refractivity contribution in [2.75, 3.05) is 0 Å². The summed E-state index contributed by atoms with van der Waals surface area (Å²) in [7, 11) is 0. The van der Waals surface area contributed by atoms with Gasteiger partial charge in [0.2, 0.25) is 0 Å². The molecular weight excluding hydrogens is 178 g/mol. The van der Waals surface area contributed by atoms with E-state index in [1.807, 2.05) is 0 Å². The molecule has 0 spiro atoms. The highest BCUT2D eigenvalue weighted by Gasteiger charge is 1.97. The first-order chi connectivity index (χ1) is 5.86. The van der Waals surface area contributed by atoms with Crippen LogP contribution in [0.1, 0.15) is 0 Å². The molecule has 0 unspecified atom stereocenters. The molecule has 6 heteroatoms. The molecule has 0 atom stereocenters. The van der Waals surface area contributed by atoms with E-state index in [2.05, 4.69) is 20.4 Å². The zero-order valence-corrected chi connectivity index (χ0v) is 6.68. The summed E-state index contributed by atoms with van der Waals surface area (Å²) in [6.07, 6.45) is 3.08. The summed E-state index contributed by atoms with van der Waals surface area (Å²) in [5, 5.41) is 15.1. The van der Waals surface area contributed by atoms with Crippen LogP contribution in [0.15, 0.2) is 24.8 Å². The number of hydrogen-bond donors (Lipinski definition) is 0. The molecule has 0 aliphatic carbocycles. The molecule has 2 heterocycles. The highest BCUT2D eigenvalue weighted by molar-refractivity contribution is 6.29. The van der Waals surface area contributed by atoms with Gasteiger partial charge in [-0.25, -0.2) is 0 Å². The van der Waals surface area contributed by atoms with E-state index in [4.69, 9.17) is 11.6 Å². The summed E-state index contributed by atoms with van der Waals surface area (Å²) in [4.78, 5) is 0. The van der Waals surface area contributed by atoms with E-state index in [0.29, 0.717) is 11.0 Å². The second-order valence-electron chi connectivity index (χ2n) is 2.08. The Labute approximate surface area is 73.0 Å². The van der Waals surface area contributed by atoms with E-state index in [9.17, 15) is 0 Å². The number of nitrogens with zero attached hydrogens (tertiary/aromatic N) is 5. The topological polar surface area (TPSA) is 56.5 Å². The summed E-state index contributed by atoms with van der Waals surface area (Å²) in [5.74, 6) is 0.643. The third kappa shape index (κ3) is 1.26. The maximum atomic E-state index is 5.56. The predicted octanol–water partition coefficient (Wildman–Crippen LogP) is 0.711. The van der Waals surface area contributed by atoms with Crippen LogP contribution in [0.2, 0.25) is 5.15 Å². The fourth-order valence-corrected chi connectivity index (χ4v) is 0.866. The van der Waals surface area contributed by atoms with Crippen LogP contribution in [-0.2, 0) is 0 Å². The molecule has 0 saturated carbocycles. The Morgan fingerprint density at radius 1 is 1.08 bits per heavy atom. The quantitative estimate of drug-likeness (QED) is 0.650. The van der Waals surface area contributed by atoms with Crippen LogP contribution in [0.4, 0.5) is 0 Å². The van der Waals surface area contributed by atoms with Gasteiger partial charge >= 0.3 is 0 Å². The van der Waals surface area contributed by atoms with Gasteiger partial charge in [0, 0.05) is 0 Å². The molecule has 0 aromatic carbocycles. The standard InChI is InChI=1S/C6H4ClN5/c7-5-1-2-6(11-10-5)12-3-8-9-4-12/h1-4H. The van der Waals surface area contributed by atoms with Crippen molar-refractivity contribution < 1.29 is 0 Å². The number of hydrogen-bond acceptors (Lipinski definition) is 4. The molecule has 0 bridgehead atoms. The monoisotopic (exact) mass is 181 g/mol. The largest absolute Gasteiger partial charge is 0.270 e. The van der Waals surface area contributed by atoms with Crippen LogP contribution >= 0.6 is 11.6 Å². The summed E-state index contributed by atoms with van der Waals surface area (Å²) in [6, 6.07) is 3.39. The third-order valence-corrected chi connectivity index (χ3v) is 1.50. The van der Waals surface area contributed by atoms with E-state index in [1.165, 1.54) is 12.7 Å². The minimum absolute atomic E-state index is 0.367. The molecular formula is C6H4ClN5. The van der Waals surface area contributed by atoms with E-state index < -0.39 is 0 Å². The van der Waals surface area contributed by atoms with Gasteiger partial charge < -0.3 is 0 Å². The maximum absolute atomic E-state index is 5.56. The highest BCUT2D eigenvalue weighted by Crippen LogP contribution is 2.04. The van der Waals surface area contributed by atoms with Gasteiger partial charge in [0.25, 0.3) is 0 Å². The Balaban J connectivity index is 2.43. The van der Waals surface area contributed by atoms with Crippen molar-refractivity contribution in [2.24, 2.45) is 0 Å². The maximum Gasteiger partial charge on any atom is 0.161 e. The first kappa shape index (κ1) is 7.17. The summed E-state index contributed by atoms with van der Waals surface area (Å²) in [6.45, 7) is 0. The second kappa shape index (κ2) is 2.86. The van der Waals surface area contributed by atoms with Crippen molar-refractivity contribution in [2.45, 2.75) is 0 Å². The fraction of sp³-hybridized carbons (Fsp3) is 0. The Bertz CT molecular complexity index is 354. The Hall–Kier alpha value is -1.49. The van der Waals surface area contributed by atoms with E-state index >= 15 is 0 Å². The molecule has 2 rings (SSSR count). The molecule has 0 saturated heterocycles. The SMILES string of the molecule is Clc1ccc(-n2cnnc2)nn1. The molecule has 0 N–H and O–H groups in total. The Morgan fingerprint density at radius 2 is 1.83 bits per heavy atom. The zero-order valence-electron chi connectivity index (χ0n) is 5.92. The first-order valence-corrected chi connectivity index (χ1v) is 3.58. The molecule has 2 aromatic heterocycles. The van der Waals surface area contributed by atoms with E-state index in [0.717, 1.165) is 0 Å². The van der Waals surface area contributed by atoms with Crippen LogP contribution < -0.4 is 0 Å². The number of rotatable bonds is 1. The molecule has 0 aliphatic heterocycles. The molecule has 0 fully saturated rings. The lowest BCUT2D eigenvalue weighted by Gasteiger charge is -1.96. The lowest BCUT2D eigenvalue weighted by Crippen LogP contribution is -1.95. The lowest BCUT2D eigenvalue weighted by molar-refractivity contribution is 0.911. The molecule has 12 heavy (non-hydrogen) atoms. The van der Waals surface area contributed by atoms with Gasteiger partial charge in [-0.3, -0.25) is 4.57 Å². The molecule has 60 valence electrons. The van der Waals surface area contributed by atoms with Gasteiger partial charge in [-0.15, -0.1) is 20.4 Å². The van der Waals surface area contributed by atoms with Crippen LogP contribution in [-0.4, -0.2) is 25.0 Å². The van der Waals surface area contributed by atoms with Crippen LogP contribution in [0.25, 0.3) is 5.82 Å². The first-order valence-electron chi connectivity index (χ1n) is 3.20. The summed E-state index contributed by atoms with van der Waals surface area (Å²) >= 11 is 5.56. The van der Waals surface area contributed by atoms with Crippen molar-refractivity contribution in [1.29, 1.82) is 0 Å². The van der Waals surface area contributed by atoms with Crippen molar-refractivity contribution in [3.8, 4) is 5.82 Å². The third-order valence-electron chi connectivity index (χ3n) is 1.30. The number of aromatic nitrogens is 5. The van der Waals surface area contributed by atoms with Crippen LogP contribution in [0.3, 0.4) is 0 Å². The molecule has 0 radical (unpaired) electrons.